The number of benzene rings is 1. The predicted molar refractivity (Wildman–Crippen MR) is 63.3 cm³/mol. The Hall–Kier alpha value is -1.55. The third kappa shape index (κ3) is 1.65. The van der Waals surface area contributed by atoms with E-state index in [4.69, 9.17) is 5.73 Å². The van der Waals surface area contributed by atoms with Crippen molar-refractivity contribution in [1.29, 1.82) is 0 Å². The van der Waals surface area contributed by atoms with Crippen molar-refractivity contribution in [1.82, 2.24) is 0 Å². The molecular weight excluding hydrogens is 204 g/mol. The molecule has 0 saturated carbocycles. The second kappa shape index (κ2) is 3.79. The van der Waals surface area contributed by atoms with Gasteiger partial charge in [0.05, 0.1) is 30.4 Å². The van der Waals surface area contributed by atoms with E-state index in [1.165, 1.54) is 0 Å². The molecule has 1 unspecified atom stereocenters. The SMILES string of the molecule is Cc1ccc(N2CC(O)CC2=O)c(N)c1C. The van der Waals surface area contributed by atoms with Crippen molar-refractivity contribution in [3.05, 3.63) is 23.3 Å². The van der Waals surface area contributed by atoms with Gasteiger partial charge >= 0.3 is 0 Å². The normalized spacial score (nSPS) is 20.6. The third-order valence-electron chi connectivity index (χ3n) is 3.16. The monoisotopic (exact) mass is 220 g/mol. The average Bonchev–Trinajstić information content (AvgIpc) is 2.55. The molecule has 0 aromatic heterocycles. The number of aryl methyl sites for hydroxylation is 1. The maximum absolute atomic E-state index is 11.6. The van der Waals surface area contributed by atoms with Crippen molar-refractivity contribution in [2.45, 2.75) is 26.4 Å². The van der Waals surface area contributed by atoms with E-state index >= 15 is 0 Å². The topological polar surface area (TPSA) is 66.6 Å². The maximum Gasteiger partial charge on any atom is 0.229 e. The van der Waals surface area contributed by atoms with E-state index in [1.54, 1.807) is 4.90 Å². The Kier molecular flexibility index (Phi) is 2.59. The largest absolute Gasteiger partial charge is 0.397 e. The molecular formula is C12H16N2O2. The minimum atomic E-state index is -0.575. The summed E-state index contributed by atoms with van der Waals surface area (Å²) in [6.45, 7) is 4.26. The van der Waals surface area contributed by atoms with Gasteiger partial charge in [-0.3, -0.25) is 4.79 Å². The van der Waals surface area contributed by atoms with Crippen LogP contribution in [0.25, 0.3) is 0 Å². The van der Waals surface area contributed by atoms with Crippen LogP contribution in [0, 0.1) is 13.8 Å². The molecule has 4 heteroatoms. The molecule has 1 amide bonds. The van der Waals surface area contributed by atoms with Crippen LogP contribution in [-0.4, -0.2) is 23.7 Å². The summed E-state index contributed by atoms with van der Waals surface area (Å²) in [5.74, 6) is -0.0672. The average molecular weight is 220 g/mol. The molecule has 86 valence electrons. The number of hydrogen-bond donors (Lipinski definition) is 2. The summed E-state index contributed by atoms with van der Waals surface area (Å²) in [6, 6.07) is 3.78. The summed E-state index contributed by atoms with van der Waals surface area (Å²) in [5, 5.41) is 9.44. The van der Waals surface area contributed by atoms with Gasteiger partial charge in [-0.25, -0.2) is 0 Å². The van der Waals surface area contributed by atoms with Crippen molar-refractivity contribution >= 4 is 17.3 Å². The lowest BCUT2D eigenvalue weighted by atomic mass is 10.1. The van der Waals surface area contributed by atoms with Crippen LogP contribution in [0.15, 0.2) is 12.1 Å². The van der Waals surface area contributed by atoms with Crippen LogP contribution < -0.4 is 10.6 Å². The molecule has 1 fully saturated rings. The number of β-amino-alcohol motifs (C(OH)–C–C–N with tert-alkyl or cyclic N) is 1. The number of aliphatic hydroxyl groups is 1. The second-order valence-corrected chi connectivity index (χ2v) is 4.30. The molecule has 1 aromatic rings. The number of nitrogens with zero attached hydrogens (tertiary/aromatic N) is 1. The Balaban J connectivity index is 2.42. The lowest BCUT2D eigenvalue weighted by Gasteiger charge is -2.20. The Bertz CT molecular complexity index is 443. The number of anilines is 2. The quantitative estimate of drug-likeness (QED) is 0.693. The van der Waals surface area contributed by atoms with Gasteiger partial charge in [0.25, 0.3) is 0 Å². The Labute approximate surface area is 94.7 Å². The lowest BCUT2D eigenvalue weighted by Crippen LogP contribution is -2.26. The van der Waals surface area contributed by atoms with Crippen molar-refractivity contribution in [2.75, 3.05) is 17.2 Å². The van der Waals surface area contributed by atoms with Gasteiger partial charge in [-0.05, 0) is 31.0 Å². The van der Waals surface area contributed by atoms with Crippen LogP contribution in [0.1, 0.15) is 17.5 Å². The number of nitrogens with two attached hydrogens (primary N) is 1. The fourth-order valence-electron chi connectivity index (χ4n) is 1.98. The van der Waals surface area contributed by atoms with Gasteiger partial charge < -0.3 is 15.7 Å². The summed E-state index contributed by atoms with van der Waals surface area (Å²) in [6.07, 6.45) is -0.389. The zero-order valence-electron chi connectivity index (χ0n) is 9.53. The Morgan fingerprint density at radius 1 is 1.44 bits per heavy atom. The summed E-state index contributed by atoms with van der Waals surface area (Å²) in [5.41, 5.74) is 9.43. The molecule has 1 aliphatic rings. The van der Waals surface area contributed by atoms with Crippen LogP contribution >= 0.6 is 0 Å². The van der Waals surface area contributed by atoms with E-state index < -0.39 is 6.10 Å². The van der Waals surface area contributed by atoms with E-state index in [-0.39, 0.29) is 12.3 Å². The first-order valence-corrected chi connectivity index (χ1v) is 5.35. The molecule has 3 N–H and O–H groups in total. The van der Waals surface area contributed by atoms with E-state index in [1.807, 2.05) is 26.0 Å². The molecule has 1 aliphatic heterocycles. The summed E-state index contributed by atoms with van der Waals surface area (Å²) >= 11 is 0. The van der Waals surface area contributed by atoms with E-state index in [0.717, 1.165) is 11.1 Å². The first kappa shape index (κ1) is 11.0. The number of nitrogen functional groups attached to an aromatic ring is 1. The van der Waals surface area contributed by atoms with Gasteiger partial charge in [-0.15, -0.1) is 0 Å². The van der Waals surface area contributed by atoms with Crippen molar-refractivity contribution in [2.24, 2.45) is 0 Å². The number of amides is 1. The maximum atomic E-state index is 11.6. The number of carbonyl (C=O) groups is 1. The van der Waals surface area contributed by atoms with Crippen molar-refractivity contribution < 1.29 is 9.90 Å². The number of rotatable bonds is 1. The minimum Gasteiger partial charge on any atom is -0.397 e. The summed E-state index contributed by atoms with van der Waals surface area (Å²) in [7, 11) is 0. The lowest BCUT2D eigenvalue weighted by molar-refractivity contribution is -0.117. The first-order chi connectivity index (χ1) is 7.50. The summed E-state index contributed by atoms with van der Waals surface area (Å²) in [4.78, 5) is 13.2. The highest BCUT2D eigenvalue weighted by atomic mass is 16.3. The highest BCUT2D eigenvalue weighted by Gasteiger charge is 2.30. The standard InChI is InChI=1S/C12H16N2O2/c1-7-3-4-10(12(13)8(7)2)14-6-9(15)5-11(14)16/h3-4,9,15H,5-6,13H2,1-2H3. The minimum absolute atomic E-state index is 0.0672. The zero-order valence-corrected chi connectivity index (χ0v) is 9.53. The van der Waals surface area contributed by atoms with E-state index in [2.05, 4.69) is 0 Å². The fourth-order valence-corrected chi connectivity index (χ4v) is 1.98. The second-order valence-electron chi connectivity index (χ2n) is 4.30. The molecule has 1 heterocycles. The van der Waals surface area contributed by atoms with Gasteiger partial charge in [-0.2, -0.15) is 0 Å². The van der Waals surface area contributed by atoms with Crippen LogP contribution in [0.4, 0.5) is 11.4 Å². The van der Waals surface area contributed by atoms with Gasteiger partial charge in [-0.1, -0.05) is 6.07 Å². The van der Waals surface area contributed by atoms with Gasteiger partial charge in [0.1, 0.15) is 0 Å². The van der Waals surface area contributed by atoms with Gasteiger partial charge in [0.2, 0.25) is 5.91 Å². The molecule has 0 aliphatic carbocycles. The molecule has 16 heavy (non-hydrogen) atoms. The predicted octanol–water partition coefficient (Wildman–Crippen LogP) is 0.983. The molecule has 1 aromatic carbocycles. The van der Waals surface area contributed by atoms with Crippen LogP contribution in [0.3, 0.4) is 0 Å². The summed E-state index contributed by atoms with van der Waals surface area (Å²) < 4.78 is 0. The van der Waals surface area contributed by atoms with E-state index in [0.29, 0.717) is 17.9 Å². The highest BCUT2D eigenvalue weighted by Crippen LogP contribution is 2.31. The number of hydrogen-bond acceptors (Lipinski definition) is 3. The van der Waals surface area contributed by atoms with E-state index in [9.17, 15) is 9.90 Å². The molecule has 2 rings (SSSR count). The number of carbonyl (C=O) groups excluding carboxylic acids is 1. The molecule has 1 saturated heterocycles. The molecule has 0 spiro atoms. The number of aliphatic hydroxyl groups excluding tert-OH is 1. The van der Waals surface area contributed by atoms with Crippen LogP contribution in [0.5, 0.6) is 0 Å². The van der Waals surface area contributed by atoms with Crippen LogP contribution in [-0.2, 0) is 4.79 Å². The molecule has 1 atom stereocenters. The Morgan fingerprint density at radius 2 is 2.12 bits per heavy atom. The molecule has 4 nitrogen and oxygen atoms in total. The van der Waals surface area contributed by atoms with Gasteiger partial charge in [0, 0.05) is 0 Å². The fraction of sp³-hybridized carbons (Fsp3) is 0.417. The smallest absolute Gasteiger partial charge is 0.229 e. The highest BCUT2D eigenvalue weighted by molar-refractivity contribution is 5.99. The van der Waals surface area contributed by atoms with Gasteiger partial charge in [0.15, 0.2) is 0 Å². The van der Waals surface area contributed by atoms with Crippen LogP contribution in [0.2, 0.25) is 0 Å². The first-order valence-electron chi connectivity index (χ1n) is 5.35. The zero-order chi connectivity index (χ0) is 11.9. The Morgan fingerprint density at radius 3 is 2.69 bits per heavy atom. The van der Waals surface area contributed by atoms with Crippen molar-refractivity contribution in [3.8, 4) is 0 Å². The third-order valence-corrected chi connectivity index (χ3v) is 3.16. The molecule has 0 bridgehead atoms. The molecule has 0 radical (unpaired) electrons. The van der Waals surface area contributed by atoms with Crippen molar-refractivity contribution in [3.63, 3.8) is 0 Å².